The second-order valence-electron chi connectivity index (χ2n) is 3.89. The third-order valence-corrected chi connectivity index (χ3v) is 2.42. The highest BCUT2D eigenvalue weighted by atomic mass is 16.1. The fourth-order valence-corrected chi connectivity index (χ4v) is 1.50. The average molecular weight is 269 g/mol. The summed E-state index contributed by atoms with van der Waals surface area (Å²) in [5.74, 6) is -0.167. The van der Waals surface area contributed by atoms with Crippen LogP contribution in [0.3, 0.4) is 0 Å². The van der Waals surface area contributed by atoms with E-state index in [-0.39, 0.29) is 23.7 Å². The van der Waals surface area contributed by atoms with Crippen LogP contribution in [0.1, 0.15) is 11.4 Å². The largest absolute Gasteiger partial charge is 0.369 e. The van der Waals surface area contributed by atoms with Crippen LogP contribution in [-0.4, -0.2) is 26.5 Å². The van der Waals surface area contributed by atoms with Crippen molar-refractivity contribution in [2.45, 2.75) is 6.42 Å². The summed E-state index contributed by atoms with van der Waals surface area (Å²) in [4.78, 5) is 10.8. The Morgan fingerprint density at radius 3 is 2.75 bits per heavy atom. The molecule has 0 aliphatic carbocycles. The lowest BCUT2D eigenvalue weighted by Gasteiger charge is -2.03. The zero-order valence-electron chi connectivity index (χ0n) is 10.4. The monoisotopic (exact) mass is 269 g/mol. The molecule has 0 fully saturated rings. The lowest BCUT2D eigenvalue weighted by molar-refractivity contribution is -0.117. The molecule has 0 atom stereocenters. The summed E-state index contributed by atoms with van der Waals surface area (Å²) in [6.07, 6.45) is 1.68. The van der Waals surface area contributed by atoms with Crippen LogP contribution in [0.15, 0.2) is 30.5 Å². The van der Waals surface area contributed by atoms with Gasteiger partial charge < -0.3 is 11.1 Å². The topological polar surface area (TPSA) is 133 Å². The van der Waals surface area contributed by atoms with E-state index < -0.39 is 0 Å². The van der Waals surface area contributed by atoms with Crippen molar-refractivity contribution in [1.29, 1.82) is 5.26 Å². The predicted octanol–water partition coefficient (Wildman–Crippen LogP) is 0.204. The fourth-order valence-electron chi connectivity index (χ4n) is 1.50. The Labute approximate surface area is 114 Å². The number of aromatic amines is 1. The molecule has 1 aromatic heterocycles. The number of anilines is 1. The summed E-state index contributed by atoms with van der Waals surface area (Å²) in [6.45, 7) is 0. The third-order valence-electron chi connectivity index (χ3n) is 2.42. The van der Waals surface area contributed by atoms with E-state index in [4.69, 9.17) is 11.0 Å². The molecule has 4 N–H and O–H groups in total. The van der Waals surface area contributed by atoms with Crippen molar-refractivity contribution in [1.82, 2.24) is 20.6 Å². The molecule has 2 aromatic rings. The van der Waals surface area contributed by atoms with E-state index in [1.807, 2.05) is 6.07 Å². The van der Waals surface area contributed by atoms with E-state index in [1.54, 1.807) is 24.3 Å². The van der Waals surface area contributed by atoms with Crippen molar-refractivity contribution in [3.8, 4) is 6.07 Å². The van der Waals surface area contributed by atoms with Gasteiger partial charge in [-0.05, 0) is 22.9 Å². The van der Waals surface area contributed by atoms with Crippen LogP contribution < -0.4 is 11.1 Å². The van der Waals surface area contributed by atoms with Crippen molar-refractivity contribution in [3.63, 3.8) is 0 Å². The van der Waals surface area contributed by atoms with E-state index in [9.17, 15) is 4.79 Å². The molecule has 0 unspecified atom stereocenters. The molecule has 0 saturated carbocycles. The summed E-state index contributed by atoms with van der Waals surface area (Å²) >= 11 is 0. The quantitative estimate of drug-likeness (QED) is 0.664. The third kappa shape index (κ3) is 3.39. The van der Waals surface area contributed by atoms with Gasteiger partial charge in [0.1, 0.15) is 11.6 Å². The number of nitriles is 1. The highest BCUT2D eigenvalue weighted by Gasteiger charge is 2.05. The van der Waals surface area contributed by atoms with E-state index in [1.165, 1.54) is 6.20 Å². The summed E-state index contributed by atoms with van der Waals surface area (Å²) in [6, 6.07) is 9.08. The molecule has 100 valence electrons. The number of rotatable bonds is 5. The van der Waals surface area contributed by atoms with Crippen molar-refractivity contribution in [2.75, 3.05) is 5.32 Å². The highest BCUT2D eigenvalue weighted by molar-refractivity contribution is 5.77. The summed E-state index contributed by atoms with van der Waals surface area (Å²) < 4.78 is 0. The van der Waals surface area contributed by atoms with E-state index in [2.05, 4.69) is 25.9 Å². The molecular weight excluding hydrogens is 258 g/mol. The van der Waals surface area contributed by atoms with Crippen LogP contribution in [-0.2, 0) is 11.2 Å². The lowest BCUT2D eigenvalue weighted by atomic mass is 10.1. The molecule has 2 rings (SSSR count). The Hall–Kier alpha value is -3.21. The molecule has 20 heavy (non-hydrogen) atoms. The lowest BCUT2D eigenvalue weighted by Crippen LogP contribution is -2.13. The van der Waals surface area contributed by atoms with Gasteiger partial charge in [-0.2, -0.15) is 10.5 Å². The van der Waals surface area contributed by atoms with E-state index in [0.717, 1.165) is 11.3 Å². The van der Waals surface area contributed by atoms with Gasteiger partial charge in [-0.15, -0.1) is 10.2 Å². The van der Waals surface area contributed by atoms with Gasteiger partial charge >= 0.3 is 0 Å². The number of tetrazole rings is 1. The number of amides is 1. The van der Waals surface area contributed by atoms with Crippen LogP contribution >= 0.6 is 0 Å². The SMILES string of the molecule is N#CC(=CNc1ccc(CC(N)=O)cc1)c1nn[nH]n1. The van der Waals surface area contributed by atoms with Crippen LogP contribution in [0.2, 0.25) is 0 Å². The molecule has 8 heteroatoms. The predicted molar refractivity (Wildman–Crippen MR) is 70.7 cm³/mol. The van der Waals surface area contributed by atoms with Crippen molar-refractivity contribution in [2.24, 2.45) is 5.73 Å². The van der Waals surface area contributed by atoms with Gasteiger partial charge in [0.2, 0.25) is 11.7 Å². The van der Waals surface area contributed by atoms with Crippen molar-refractivity contribution in [3.05, 3.63) is 41.9 Å². The second kappa shape index (κ2) is 6.10. The maximum Gasteiger partial charge on any atom is 0.221 e. The number of carbonyl (C=O) groups excluding carboxylic acids is 1. The van der Waals surface area contributed by atoms with E-state index in [0.29, 0.717) is 0 Å². The summed E-state index contributed by atoms with van der Waals surface area (Å²) in [5, 5.41) is 25.0. The first-order chi connectivity index (χ1) is 9.69. The van der Waals surface area contributed by atoms with Crippen molar-refractivity contribution >= 4 is 17.2 Å². The number of nitrogens with zero attached hydrogens (tertiary/aromatic N) is 4. The van der Waals surface area contributed by atoms with Crippen LogP contribution in [0.4, 0.5) is 5.69 Å². The first kappa shape index (κ1) is 13.2. The van der Waals surface area contributed by atoms with Crippen molar-refractivity contribution < 1.29 is 4.79 Å². The maximum absolute atomic E-state index is 10.8. The molecule has 1 heterocycles. The van der Waals surface area contributed by atoms with Gasteiger partial charge in [-0.1, -0.05) is 12.1 Å². The first-order valence-corrected chi connectivity index (χ1v) is 5.67. The number of H-pyrrole nitrogens is 1. The smallest absolute Gasteiger partial charge is 0.221 e. The summed E-state index contributed by atoms with van der Waals surface area (Å²) in [7, 11) is 0. The van der Waals surface area contributed by atoms with Gasteiger partial charge in [0.05, 0.1) is 6.42 Å². The van der Waals surface area contributed by atoms with Gasteiger partial charge in [-0.25, -0.2) is 0 Å². The average Bonchev–Trinajstić information content (AvgIpc) is 2.95. The number of aromatic nitrogens is 4. The van der Waals surface area contributed by atoms with Gasteiger partial charge in [0.15, 0.2) is 0 Å². The zero-order chi connectivity index (χ0) is 14.4. The number of hydrogen-bond donors (Lipinski definition) is 3. The van der Waals surface area contributed by atoms with Crippen LogP contribution in [0, 0.1) is 11.3 Å². The first-order valence-electron chi connectivity index (χ1n) is 5.67. The molecule has 0 radical (unpaired) electrons. The molecule has 0 bridgehead atoms. The number of allylic oxidation sites excluding steroid dienone is 1. The molecule has 0 aliphatic rings. The van der Waals surface area contributed by atoms with Gasteiger partial charge in [0, 0.05) is 11.9 Å². The normalized spacial score (nSPS) is 10.8. The maximum atomic E-state index is 10.8. The molecule has 1 amide bonds. The molecule has 0 spiro atoms. The van der Waals surface area contributed by atoms with Crippen LogP contribution in [0.25, 0.3) is 5.57 Å². The van der Waals surface area contributed by atoms with Gasteiger partial charge in [-0.3, -0.25) is 4.79 Å². The Bertz CT molecular complexity index is 652. The summed E-state index contributed by atoms with van der Waals surface area (Å²) in [5.41, 5.74) is 6.94. The minimum absolute atomic E-state index is 0.197. The number of nitrogens with two attached hydrogens (primary N) is 1. The minimum atomic E-state index is -0.380. The molecule has 8 nitrogen and oxygen atoms in total. The Morgan fingerprint density at radius 2 is 2.20 bits per heavy atom. The highest BCUT2D eigenvalue weighted by Crippen LogP contribution is 2.12. The number of benzene rings is 1. The number of primary amides is 1. The number of nitrogens with one attached hydrogen (secondary N) is 2. The standard InChI is InChI=1S/C12H11N7O/c13-6-9(12-16-18-19-17-12)7-15-10-3-1-8(2-4-10)5-11(14)20/h1-4,7,15H,5H2,(H2,14,20)(H,16,17,18,19). The Morgan fingerprint density at radius 1 is 1.45 bits per heavy atom. The van der Waals surface area contributed by atoms with E-state index >= 15 is 0 Å². The minimum Gasteiger partial charge on any atom is -0.369 e. The van der Waals surface area contributed by atoms with Crippen LogP contribution in [0.5, 0.6) is 0 Å². The molecule has 0 saturated heterocycles. The molecular formula is C12H11N7O. The number of hydrogen-bond acceptors (Lipinski definition) is 6. The van der Waals surface area contributed by atoms with Gasteiger partial charge in [0.25, 0.3) is 0 Å². The fraction of sp³-hybridized carbons (Fsp3) is 0.0833. The zero-order valence-corrected chi connectivity index (χ0v) is 10.4. The second-order valence-corrected chi connectivity index (χ2v) is 3.89. The Kier molecular flexibility index (Phi) is 4.04. The molecule has 0 aliphatic heterocycles. The Balaban J connectivity index is 2.07. The molecule has 1 aromatic carbocycles. The number of carbonyl (C=O) groups is 1.